The first kappa shape index (κ1) is 32.5. The number of aromatic hydroxyl groups is 1. The molecule has 0 aliphatic carbocycles. The predicted molar refractivity (Wildman–Crippen MR) is 154 cm³/mol. The number of aromatic nitrogens is 2. The molecule has 4 rings (SSSR count). The minimum absolute atomic E-state index is 0.0546. The fourth-order valence-electron chi connectivity index (χ4n) is 4.63. The largest absolute Gasteiger partial charge is 0.550 e. The van der Waals surface area contributed by atoms with Crippen LogP contribution in [-0.4, -0.2) is 80.2 Å². The summed E-state index contributed by atoms with van der Waals surface area (Å²) in [6.07, 6.45) is 2.73. The molecule has 3 aromatic rings. The fourth-order valence-corrected chi connectivity index (χ4v) is 5.13. The van der Waals surface area contributed by atoms with Crippen molar-refractivity contribution in [3.05, 3.63) is 64.0 Å². The molecular formula is C28H36FN5O7S. The second-order valence-electron chi connectivity index (χ2n) is 10.5. The fraction of sp³-hybridized carbons (Fsp3) is 0.429. The first-order valence-electron chi connectivity index (χ1n) is 13.4. The molecule has 14 heteroatoms. The van der Waals surface area contributed by atoms with Gasteiger partial charge in [-0.25, -0.2) is 17.8 Å². The van der Waals surface area contributed by atoms with E-state index in [1.165, 1.54) is 30.3 Å². The van der Waals surface area contributed by atoms with Crippen LogP contribution in [0.1, 0.15) is 43.2 Å². The molecule has 3 heterocycles. The average molecular weight is 606 g/mol. The number of carbonyl (C=O) groups excluding carboxylic acids is 2. The SMILES string of the molecule is CC(=O)[O-].CC(C)[NH+]1CCN(c2cc(N(C)S(C)(=O)=O)c3nc(C(=O)CCc4ccc(F)cc4)c(O)c(=O)n3c2)CC1. The molecule has 0 bridgehead atoms. The van der Waals surface area contributed by atoms with E-state index in [9.17, 15) is 27.5 Å². The number of fused-ring (bicyclic) bond motifs is 1. The van der Waals surface area contributed by atoms with E-state index in [4.69, 9.17) is 9.90 Å². The molecule has 2 aromatic heterocycles. The summed E-state index contributed by atoms with van der Waals surface area (Å²) in [6.45, 7) is 8.46. The lowest BCUT2D eigenvalue weighted by atomic mass is 10.1. The zero-order valence-electron chi connectivity index (χ0n) is 24.3. The number of carboxylic acids is 1. The van der Waals surface area contributed by atoms with E-state index < -0.39 is 44.6 Å². The molecular weight excluding hydrogens is 569 g/mol. The first-order valence-corrected chi connectivity index (χ1v) is 15.2. The minimum atomic E-state index is -3.74. The van der Waals surface area contributed by atoms with Gasteiger partial charge in [-0.2, -0.15) is 0 Å². The highest BCUT2D eigenvalue weighted by atomic mass is 32.2. The molecule has 0 radical (unpaired) electrons. The molecule has 0 unspecified atom stereocenters. The normalized spacial score (nSPS) is 14.0. The van der Waals surface area contributed by atoms with Crippen LogP contribution in [0.5, 0.6) is 5.75 Å². The van der Waals surface area contributed by atoms with Crippen molar-refractivity contribution in [2.45, 2.75) is 39.7 Å². The Kier molecular flexibility index (Phi) is 10.3. The van der Waals surface area contributed by atoms with E-state index in [0.717, 1.165) is 35.0 Å². The quantitative estimate of drug-likeness (QED) is 0.327. The standard InChI is InChI=1S/C26H32FN5O5S.C2H4O2/c1-17(2)30-11-13-31(14-12-30)20-15-21(29(3)38(4,36)37)25-28-23(24(34)26(35)32(25)16-20)22(33)10-7-18-5-8-19(27)9-6-18;1-2(3)4/h5-6,8-9,15-17,34H,7,10-14H2,1-4H3;1H3,(H,3,4). The van der Waals surface area contributed by atoms with Gasteiger partial charge in [0.1, 0.15) is 5.82 Å². The van der Waals surface area contributed by atoms with Crippen molar-refractivity contribution in [2.75, 3.05) is 48.7 Å². The van der Waals surface area contributed by atoms with Crippen LogP contribution in [0, 0.1) is 5.82 Å². The van der Waals surface area contributed by atoms with Gasteiger partial charge < -0.3 is 24.8 Å². The number of nitrogens with one attached hydrogen (secondary N) is 1. The van der Waals surface area contributed by atoms with Crippen LogP contribution in [0.2, 0.25) is 0 Å². The third-order valence-corrected chi connectivity index (χ3v) is 8.30. The van der Waals surface area contributed by atoms with Crippen LogP contribution < -0.4 is 24.8 Å². The molecule has 0 spiro atoms. The number of aliphatic carboxylic acids is 1. The number of quaternary nitrogens is 1. The van der Waals surface area contributed by atoms with Crippen LogP contribution in [0.25, 0.3) is 5.65 Å². The Morgan fingerprint density at radius 2 is 1.76 bits per heavy atom. The lowest BCUT2D eigenvalue weighted by Crippen LogP contribution is -3.17. The molecule has 1 fully saturated rings. The van der Waals surface area contributed by atoms with E-state index in [1.54, 1.807) is 18.2 Å². The summed E-state index contributed by atoms with van der Waals surface area (Å²) >= 11 is 0. The van der Waals surface area contributed by atoms with Crippen molar-refractivity contribution in [1.82, 2.24) is 9.38 Å². The van der Waals surface area contributed by atoms with Gasteiger partial charge in [0.05, 0.1) is 49.9 Å². The van der Waals surface area contributed by atoms with Crippen molar-refractivity contribution < 1.29 is 37.5 Å². The number of carbonyl (C=O) groups is 2. The first-order chi connectivity index (χ1) is 19.6. The summed E-state index contributed by atoms with van der Waals surface area (Å²) in [6, 6.07) is 7.79. The highest BCUT2D eigenvalue weighted by molar-refractivity contribution is 7.92. The molecule has 1 aliphatic heterocycles. The van der Waals surface area contributed by atoms with E-state index in [1.807, 2.05) is 0 Å². The van der Waals surface area contributed by atoms with Crippen LogP contribution >= 0.6 is 0 Å². The Hall–Kier alpha value is -4.04. The zero-order chi connectivity index (χ0) is 31.4. The van der Waals surface area contributed by atoms with Crippen molar-refractivity contribution in [2.24, 2.45) is 0 Å². The van der Waals surface area contributed by atoms with Crippen molar-refractivity contribution in [3.63, 3.8) is 0 Å². The lowest BCUT2D eigenvalue weighted by molar-refractivity contribution is -0.921. The van der Waals surface area contributed by atoms with E-state index in [-0.39, 0.29) is 24.2 Å². The third-order valence-electron chi connectivity index (χ3n) is 7.11. The Balaban J connectivity index is 0.00000114. The summed E-state index contributed by atoms with van der Waals surface area (Å²) in [5.74, 6) is -2.87. The number of carboxylic acid groups (broad SMARTS) is 1. The summed E-state index contributed by atoms with van der Waals surface area (Å²) in [5.41, 5.74) is 0.0934. The number of anilines is 2. The number of nitrogens with zero attached hydrogens (tertiary/aromatic N) is 4. The van der Waals surface area contributed by atoms with Gasteiger partial charge in [0.15, 0.2) is 17.1 Å². The summed E-state index contributed by atoms with van der Waals surface area (Å²) in [7, 11) is -2.39. The number of halogens is 1. The number of piperazine rings is 1. The number of hydrogen-bond acceptors (Lipinski definition) is 9. The van der Waals surface area contributed by atoms with E-state index in [0.29, 0.717) is 30.4 Å². The van der Waals surface area contributed by atoms with Gasteiger partial charge in [0.25, 0.3) is 0 Å². The number of sulfonamides is 1. The molecule has 1 aromatic carbocycles. The smallest absolute Gasteiger partial charge is 0.300 e. The average Bonchev–Trinajstić information content (AvgIpc) is 2.92. The number of hydrogen-bond donors (Lipinski definition) is 2. The van der Waals surface area contributed by atoms with E-state index >= 15 is 0 Å². The number of aryl methyl sites for hydroxylation is 1. The van der Waals surface area contributed by atoms with Gasteiger partial charge in [-0.3, -0.25) is 18.3 Å². The minimum Gasteiger partial charge on any atom is -0.550 e. The Labute approximate surface area is 243 Å². The van der Waals surface area contributed by atoms with Crippen molar-refractivity contribution in [3.8, 4) is 5.75 Å². The number of ketones is 1. The predicted octanol–water partition coefficient (Wildman–Crippen LogP) is -0.380. The molecule has 42 heavy (non-hydrogen) atoms. The molecule has 1 saturated heterocycles. The number of benzene rings is 1. The Bertz CT molecular complexity index is 1610. The highest BCUT2D eigenvalue weighted by Crippen LogP contribution is 2.29. The van der Waals surface area contributed by atoms with Gasteiger partial charge in [-0.05, 0) is 51.0 Å². The van der Waals surface area contributed by atoms with Gasteiger partial charge in [-0.1, -0.05) is 12.1 Å². The van der Waals surface area contributed by atoms with Crippen LogP contribution in [0.15, 0.2) is 41.3 Å². The Morgan fingerprint density at radius 3 is 2.29 bits per heavy atom. The number of rotatable bonds is 8. The van der Waals surface area contributed by atoms with Gasteiger partial charge in [-0.15, -0.1) is 0 Å². The number of Topliss-reactive ketones (excluding diaryl/α,β-unsaturated/α-hetero) is 1. The van der Waals surface area contributed by atoms with Gasteiger partial charge in [0, 0.05) is 25.6 Å². The van der Waals surface area contributed by atoms with Crippen molar-refractivity contribution in [1.29, 1.82) is 0 Å². The van der Waals surface area contributed by atoms with E-state index in [2.05, 4.69) is 23.7 Å². The molecule has 228 valence electrons. The van der Waals surface area contributed by atoms with Crippen LogP contribution in [-0.2, 0) is 21.2 Å². The Morgan fingerprint density at radius 1 is 1.19 bits per heavy atom. The maximum Gasteiger partial charge on any atom is 0.300 e. The molecule has 0 saturated carbocycles. The third kappa shape index (κ3) is 7.82. The molecule has 12 nitrogen and oxygen atoms in total. The summed E-state index contributed by atoms with van der Waals surface area (Å²) < 4.78 is 40.3. The second kappa shape index (κ2) is 13.3. The maximum atomic E-state index is 13.3. The zero-order valence-corrected chi connectivity index (χ0v) is 25.1. The number of pyridine rings is 1. The topological polar surface area (TPSA) is 157 Å². The monoisotopic (exact) mass is 605 g/mol. The molecule has 2 N–H and O–H groups in total. The molecule has 0 amide bonds. The maximum absolute atomic E-state index is 13.3. The van der Waals surface area contributed by atoms with Crippen LogP contribution in [0.4, 0.5) is 15.8 Å². The second-order valence-corrected chi connectivity index (χ2v) is 12.5. The van der Waals surface area contributed by atoms with Crippen LogP contribution in [0.3, 0.4) is 0 Å². The molecule has 1 aliphatic rings. The summed E-state index contributed by atoms with van der Waals surface area (Å²) in [4.78, 5) is 42.9. The van der Waals surface area contributed by atoms with Crippen molar-refractivity contribution >= 4 is 38.8 Å². The summed E-state index contributed by atoms with van der Waals surface area (Å²) in [5, 5.41) is 19.6. The highest BCUT2D eigenvalue weighted by Gasteiger charge is 2.27. The molecule has 0 atom stereocenters. The lowest BCUT2D eigenvalue weighted by Gasteiger charge is -2.36. The van der Waals surface area contributed by atoms with Gasteiger partial charge >= 0.3 is 5.56 Å². The van der Waals surface area contributed by atoms with Gasteiger partial charge in [0.2, 0.25) is 15.8 Å².